The third kappa shape index (κ3) is 2.88. The number of rotatable bonds is 1. The van der Waals surface area contributed by atoms with Crippen LogP contribution in [0.1, 0.15) is 93.4 Å². The van der Waals surface area contributed by atoms with Gasteiger partial charge in [0.05, 0.1) is 30.3 Å². The Morgan fingerprint density at radius 3 is 2.20 bits per heavy atom. The molecular weight excluding hydrogens is 440 g/mol. The quantitative estimate of drug-likeness (QED) is 0.414. The van der Waals surface area contributed by atoms with Gasteiger partial charge in [-0.05, 0) is 77.9 Å². The summed E-state index contributed by atoms with van der Waals surface area (Å²) in [7, 11) is 0. The molecular formula is C30H48O5. The average molecular weight is 489 g/mol. The molecule has 0 amide bonds. The molecule has 5 aliphatic rings. The van der Waals surface area contributed by atoms with Gasteiger partial charge in [0.25, 0.3) is 0 Å². The van der Waals surface area contributed by atoms with Crippen LogP contribution in [-0.4, -0.2) is 51.1 Å². The first-order chi connectivity index (χ1) is 16.0. The lowest BCUT2D eigenvalue weighted by Gasteiger charge is -2.72. The Balaban J connectivity index is 1.64. The molecule has 0 heterocycles. The minimum atomic E-state index is -1.18. The highest BCUT2D eigenvalue weighted by Crippen LogP contribution is 2.75. The van der Waals surface area contributed by atoms with E-state index in [2.05, 4.69) is 40.7 Å². The van der Waals surface area contributed by atoms with Crippen molar-refractivity contribution in [2.45, 2.75) is 112 Å². The molecule has 0 unspecified atom stereocenters. The maximum absolute atomic E-state index is 12.9. The smallest absolute Gasteiger partial charge is 0.138 e. The molecule has 5 nitrogen and oxygen atoms in total. The Hall–Kier alpha value is -0.750. The van der Waals surface area contributed by atoms with Gasteiger partial charge in [-0.2, -0.15) is 0 Å². The summed E-state index contributed by atoms with van der Waals surface area (Å²) in [5.74, 6) is 1.00. The van der Waals surface area contributed by atoms with Crippen molar-refractivity contribution in [3.63, 3.8) is 0 Å². The van der Waals surface area contributed by atoms with Crippen LogP contribution in [0.5, 0.6) is 0 Å². The highest BCUT2D eigenvalue weighted by Gasteiger charge is 2.72. The molecule has 4 fully saturated rings. The first-order valence-electron chi connectivity index (χ1n) is 13.9. The van der Waals surface area contributed by atoms with Crippen molar-refractivity contribution < 1.29 is 25.2 Å². The number of aliphatic hydroxyl groups is 4. The summed E-state index contributed by atoms with van der Waals surface area (Å²) in [6.07, 6.45) is 5.00. The Morgan fingerprint density at radius 1 is 0.914 bits per heavy atom. The average Bonchev–Trinajstić information content (AvgIpc) is 2.76. The van der Waals surface area contributed by atoms with Crippen LogP contribution >= 0.6 is 0 Å². The fraction of sp³-hybridized carbons (Fsp3) is 0.900. The van der Waals surface area contributed by atoms with Gasteiger partial charge in [-0.25, -0.2) is 0 Å². The number of allylic oxidation sites excluding steroid dienone is 2. The van der Waals surface area contributed by atoms with E-state index >= 15 is 0 Å². The van der Waals surface area contributed by atoms with Crippen molar-refractivity contribution in [2.24, 2.45) is 50.2 Å². The van der Waals surface area contributed by atoms with E-state index in [0.29, 0.717) is 36.9 Å². The zero-order valence-corrected chi connectivity index (χ0v) is 22.9. The van der Waals surface area contributed by atoms with Gasteiger partial charge in [-0.1, -0.05) is 60.1 Å². The number of Topliss-reactive ketones (excluding diaryl/α,β-unsaturated/α-hetero) is 1. The number of carbonyl (C=O) groups excluding carboxylic acids is 1. The molecule has 0 bridgehead atoms. The molecule has 5 aliphatic carbocycles. The van der Waals surface area contributed by atoms with E-state index in [0.717, 1.165) is 25.7 Å². The molecule has 0 aliphatic heterocycles. The van der Waals surface area contributed by atoms with Crippen LogP contribution in [-0.2, 0) is 4.79 Å². The lowest BCUT2D eigenvalue weighted by atomic mass is 9.33. The van der Waals surface area contributed by atoms with Crippen LogP contribution in [0, 0.1) is 50.2 Å². The summed E-state index contributed by atoms with van der Waals surface area (Å²) in [6.45, 7) is 15.1. The first kappa shape index (κ1) is 25.9. The molecule has 0 aromatic carbocycles. The van der Waals surface area contributed by atoms with Gasteiger partial charge < -0.3 is 20.4 Å². The van der Waals surface area contributed by atoms with Crippen LogP contribution in [0.15, 0.2) is 11.6 Å². The zero-order valence-electron chi connectivity index (χ0n) is 22.9. The summed E-state index contributed by atoms with van der Waals surface area (Å²) < 4.78 is 0. The SMILES string of the molecule is CC1(C)C[C@H]2C3=CC[C@@H]4[C@@]5(C)CCC(=O)C(C)(C)[C@@H]5CC[C@@]4(C)[C@]3(C)C[C@@H](O)[C@@]2(CO)[C@@H](O)[C@@H]1O. The van der Waals surface area contributed by atoms with Gasteiger partial charge in [0.15, 0.2) is 0 Å². The highest BCUT2D eigenvalue weighted by molar-refractivity contribution is 5.85. The second-order valence-electron chi connectivity index (χ2n) is 15.1. The molecule has 5 rings (SSSR count). The van der Waals surface area contributed by atoms with Crippen molar-refractivity contribution in [1.82, 2.24) is 0 Å². The van der Waals surface area contributed by atoms with Gasteiger partial charge >= 0.3 is 0 Å². The molecule has 4 N–H and O–H groups in total. The van der Waals surface area contributed by atoms with Crippen molar-refractivity contribution in [1.29, 1.82) is 0 Å². The Labute approximate surface area is 211 Å². The summed E-state index contributed by atoms with van der Waals surface area (Å²) in [5, 5.41) is 44.7. The Morgan fingerprint density at radius 2 is 1.57 bits per heavy atom. The molecule has 4 saturated carbocycles. The number of carbonyl (C=O) groups is 1. The van der Waals surface area contributed by atoms with Crippen LogP contribution in [0.25, 0.3) is 0 Å². The monoisotopic (exact) mass is 488 g/mol. The van der Waals surface area contributed by atoms with E-state index in [1.807, 2.05) is 13.8 Å². The number of hydrogen-bond acceptors (Lipinski definition) is 5. The summed E-state index contributed by atoms with van der Waals surface area (Å²) in [6, 6.07) is 0. The summed E-state index contributed by atoms with van der Waals surface area (Å²) in [4.78, 5) is 12.9. The molecule has 0 spiro atoms. The largest absolute Gasteiger partial charge is 0.396 e. The predicted octanol–water partition coefficient (Wildman–Crippen LogP) is 4.26. The topological polar surface area (TPSA) is 98.0 Å². The Kier molecular flexibility index (Phi) is 5.49. The minimum absolute atomic E-state index is 0.0491. The maximum atomic E-state index is 12.9. The van der Waals surface area contributed by atoms with Gasteiger partial charge in [0, 0.05) is 11.8 Å². The second-order valence-corrected chi connectivity index (χ2v) is 15.1. The first-order valence-corrected chi connectivity index (χ1v) is 13.9. The van der Waals surface area contributed by atoms with E-state index in [4.69, 9.17) is 0 Å². The van der Waals surface area contributed by atoms with E-state index in [1.54, 1.807) is 0 Å². The lowest BCUT2D eigenvalue weighted by Crippen LogP contribution is -2.71. The molecule has 10 atom stereocenters. The second kappa shape index (κ2) is 7.42. The number of hydrogen-bond donors (Lipinski definition) is 4. The molecule has 0 aromatic heterocycles. The van der Waals surface area contributed by atoms with E-state index in [9.17, 15) is 25.2 Å². The van der Waals surface area contributed by atoms with Crippen LogP contribution in [0.3, 0.4) is 0 Å². The molecule has 0 aromatic rings. The molecule has 0 radical (unpaired) electrons. The van der Waals surface area contributed by atoms with Crippen molar-refractivity contribution >= 4 is 5.78 Å². The van der Waals surface area contributed by atoms with Crippen LogP contribution in [0.4, 0.5) is 0 Å². The third-order valence-electron chi connectivity index (χ3n) is 13.2. The number of fused-ring (bicyclic) bond motifs is 7. The van der Waals surface area contributed by atoms with Crippen molar-refractivity contribution in [3.8, 4) is 0 Å². The van der Waals surface area contributed by atoms with Crippen LogP contribution < -0.4 is 0 Å². The lowest BCUT2D eigenvalue weighted by molar-refractivity contribution is -0.253. The van der Waals surface area contributed by atoms with E-state index < -0.39 is 29.1 Å². The number of ketones is 1. The van der Waals surface area contributed by atoms with Gasteiger partial charge in [0.2, 0.25) is 0 Å². The van der Waals surface area contributed by atoms with Gasteiger partial charge in [-0.3, -0.25) is 4.79 Å². The van der Waals surface area contributed by atoms with Gasteiger partial charge in [0.1, 0.15) is 5.78 Å². The number of aliphatic hydroxyl groups excluding tert-OH is 4. The van der Waals surface area contributed by atoms with Crippen LogP contribution in [0.2, 0.25) is 0 Å². The Bertz CT molecular complexity index is 952. The summed E-state index contributed by atoms with van der Waals surface area (Å²) in [5.41, 5.74) is -0.926. The maximum Gasteiger partial charge on any atom is 0.138 e. The molecule has 0 saturated heterocycles. The van der Waals surface area contributed by atoms with Crippen molar-refractivity contribution in [2.75, 3.05) is 6.61 Å². The summed E-state index contributed by atoms with van der Waals surface area (Å²) >= 11 is 0. The standard InChI is InChI=1S/C30H48O5/c1-25(2)14-18-17-8-9-20-27(5)12-11-21(32)26(3,4)19(27)10-13-28(20,6)29(17,7)15-22(33)30(18,16-31)24(35)23(25)34/h8,18-20,22-24,31,33-35H,9-16H2,1-7H3/t18-,19-,20+,22+,23-,24-,27-,28+,29+,30-/m0/s1. The minimum Gasteiger partial charge on any atom is -0.396 e. The highest BCUT2D eigenvalue weighted by atomic mass is 16.3. The fourth-order valence-electron chi connectivity index (χ4n) is 10.7. The fourth-order valence-corrected chi connectivity index (χ4v) is 10.7. The third-order valence-corrected chi connectivity index (χ3v) is 13.2. The molecule has 5 heteroatoms. The predicted molar refractivity (Wildman–Crippen MR) is 135 cm³/mol. The van der Waals surface area contributed by atoms with Gasteiger partial charge in [-0.15, -0.1) is 0 Å². The molecule has 35 heavy (non-hydrogen) atoms. The van der Waals surface area contributed by atoms with Crippen molar-refractivity contribution in [3.05, 3.63) is 11.6 Å². The van der Waals surface area contributed by atoms with E-state index in [1.165, 1.54) is 5.57 Å². The molecule has 198 valence electrons. The van der Waals surface area contributed by atoms with E-state index in [-0.39, 0.29) is 34.2 Å². The normalized spacial score (nSPS) is 54.6. The zero-order chi connectivity index (χ0) is 26.0.